The highest BCUT2D eigenvalue weighted by Crippen LogP contribution is 2.29. The molecule has 27 heavy (non-hydrogen) atoms. The lowest BCUT2D eigenvalue weighted by Crippen LogP contribution is -2.24. The van der Waals surface area contributed by atoms with Crippen LogP contribution in [0.15, 0.2) is 39.8 Å². The van der Waals surface area contributed by atoms with Crippen molar-refractivity contribution >= 4 is 35.1 Å². The van der Waals surface area contributed by atoms with E-state index in [-0.39, 0.29) is 22.5 Å². The molecule has 0 aliphatic heterocycles. The van der Waals surface area contributed by atoms with E-state index < -0.39 is 0 Å². The van der Waals surface area contributed by atoms with Crippen LogP contribution in [0.25, 0.3) is 0 Å². The van der Waals surface area contributed by atoms with E-state index in [0.717, 1.165) is 10.6 Å². The lowest BCUT2D eigenvalue weighted by atomic mass is 9.92. The molecule has 0 bridgehead atoms. The van der Waals surface area contributed by atoms with Crippen molar-refractivity contribution in [3.63, 3.8) is 0 Å². The predicted molar refractivity (Wildman–Crippen MR) is 109 cm³/mol. The predicted octanol–water partition coefficient (Wildman–Crippen LogP) is 4.87. The van der Waals surface area contributed by atoms with Crippen molar-refractivity contribution in [2.45, 2.75) is 57.6 Å². The summed E-state index contributed by atoms with van der Waals surface area (Å²) < 4.78 is 4.97. The Kier molecular flexibility index (Phi) is 7.07. The van der Waals surface area contributed by atoms with Gasteiger partial charge in [0.05, 0.1) is 5.25 Å². The molecule has 2 aromatic rings. The van der Waals surface area contributed by atoms with Crippen LogP contribution < -0.4 is 10.6 Å². The third kappa shape index (κ3) is 7.09. The number of thioether (sulfide) groups is 1. The van der Waals surface area contributed by atoms with Crippen LogP contribution in [0, 0.1) is 12.3 Å². The summed E-state index contributed by atoms with van der Waals surface area (Å²) in [7, 11) is 0. The van der Waals surface area contributed by atoms with Gasteiger partial charge in [-0.3, -0.25) is 9.59 Å². The van der Waals surface area contributed by atoms with E-state index in [4.69, 9.17) is 4.52 Å². The van der Waals surface area contributed by atoms with Gasteiger partial charge in [-0.05, 0) is 37.0 Å². The molecule has 0 aliphatic carbocycles. The summed E-state index contributed by atoms with van der Waals surface area (Å²) in [5.74, 6) is 0.915. The minimum atomic E-state index is -0.275. The molecule has 2 amide bonds. The van der Waals surface area contributed by atoms with E-state index in [2.05, 4.69) is 15.8 Å². The van der Waals surface area contributed by atoms with E-state index in [1.54, 1.807) is 13.0 Å². The summed E-state index contributed by atoms with van der Waals surface area (Å²) in [6, 6.07) is 9.23. The first kappa shape index (κ1) is 21.0. The molecule has 0 aliphatic rings. The van der Waals surface area contributed by atoms with E-state index >= 15 is 0 Å². The number of hydrogen-bond donors (Lipinski definition) is 2. The number of hydrogen-bond acceptors (Lipinski definition) is 5. The van der Waals surface area contributed by atoms with Crippen molar-refractivity contribution in [1.29, 1.82) is 0 Å². The molecular formula is C20H27N3O3S. The van der Waals surface area contributed by atoms with Crippen LogP contribution in [-0.4, -0.2) is 22.2 Å². The van der Waals surface area contributed by atoms with E-state index in [1.165, 1.54) is 11.8 Å². The number of carbonyl (C=O) groups excluding carboxylic acids is 2. The van der Waals surface area contributed by atoms with Crippen molar-refractivity contribution in [3.8, 4) is 0 Å². The number of aromatic nitrogens is 1. The molecule has 0 saturated carbocycles. The Labute approximate surface area is 164 Å². The van der Waals surface area contributed by atoms with Gasteiger partial charge in [0.1, 0.15) is 5.76 Å². The second-order valence-corrected chi connectivity index (χ2v) is 8.92. The smallest absolute Gasteiger partial charge is 0.239 e. The third-order valence-corrected chi connectivity index (χ3v) is 4.99. The third-order valence-electron chi connectivity index (χ3n) is 3.63. The Morgan fingerprint density at radius 2 is 1.96 bits per heavy atom. The Balaban J connectivity index is 2.00. The average molecular weight is 390 g/mol. The van der Waals surface area contributed by atoms with E-state index in [9.17, 15) is 9.59 Å². The van der Waals surface area contributed by atoms with Crippen molar-refractivity contribution < 1.29 is 14.1 Å². The van der Waals surface area contributed by atoms with Gasteiger partial charge in [-0.2, -0.15) is 0 Å². The van der Waals surface area contributed by atoms with Crippen LogP contribution in [-0.2, 0) is 9.59 Å². The number of anilines is 2. The zero-order valence-electron chi connectivity index (χ0n) is 16.5. The first-order valence-corrected chi connectivity index (χ1v) is 9.85. The fourth-order valence-corrected chi connectivity index (χ4v) is 3.47. The van der Waals surface area contributed by atoms with Crippen LogP contribution in [0.1, 0.15) is 46.3 Å². The van der Waals surface area contributed by atoms with Crippen LogP contribution >= 0.6 is 11.8 Å². The van der Waals surface area contributed by atoms with Gasteiger partial charge in [0.2, 0.25) is 11.8 Å². The molecule has 6 nitrogen and oxygen atoms in total. The summed E-state index contributed by atoms with van der Waals surface area (Å²) >= 11 is 1.46. The second kappa shape index (κ2) is 9.08. The second-order valence-electron chi connectivity index (χ2n) is 7.64. The van der Waals surface area contributed by atoms with Crippen LogP contribution in [0.4, 0.5) is 11.5 Å². The van der Waals surface area contributed by atoms with Crippen molar-refractivity contribution in [2.75, 3.05) is 10.6 Å². The van der Waals surface area contributed by atoms with Crippen molar-refractivity contribution in [2.24, 2.45) is 5.41 Å². The van der Waals surface area contributed by atoms with Crippen LogP contribution in [0.2, 0.25) is 0 Å². The molecule has 0 radical (unpaired) electrons. The van der Waals surface area contributed by atoms with Gasteiger partial charge in [-0.25, -0.2) is 0 Å². The molecule has 0 spiro atoms. The summed E-state index contributed by atoms with van der Waals surface area (Å²) in [4.78, 5) is 25.5. The number of rotatable bonds is 7. The normalized spacial score (nSPS) is 12.5. The van der Waals surface area contributed by atoms with Crippen molar-refractivity contribution in [1.82, 2.24) is 5.16 Å². The molecule has 1 aromatic heterocycles. The molecular weight excluding hydrogens is 362 g/mol. The van der Waals surface area contributed by atoms with Crippen molar-refractivity contribution in [3.05, 3.63) is 36.1 Å². The summed E-state index contributed by atoms with van der Waals surface area (Å²) in [5.41, 5.74) is 0.665. The molecule has 146 valence electrons. The minimum absolute atomic E-state index is 0.0177. The molecule has 7 heteroatoms. The van der Waals surface area contributed by atoms with E-state index in [1.807, 2.05) is 52.0 Å². The molecule has 1 heterocycles. The van der Waals surface area contributed by atoms with Crippen LogP contribution in [0.3, 0.4) is 0 Å². The number of benzene rings is 1. The fourth-order valence-electron chi connectivity index (χ4n) is 2.45. The summed E-state index contributed by atoms with van der Waals surface area (Å²) in [5, 5.41) is 9.22. The molecule has 0 fully saturated rings. The Hall–Kier alpha value is -2.28. The number of nitrogens with zero attached hydrogens (tertiary/aromatic N) is 1. The Morgan fingerprint density at radius 1 is 1.22 bits per heavy atom. The number of amides is 2. The van der Waals surface area contributed by atoms with E-state index in [0.29, 0.717) is 24.4 Å². The largest absolute Gasteiger partial charge is 0.360 e. The number of nitrogens with one attached hydrogen (secondary N) is 2. The first-order valence-electron chi connectivity index (χ1n) is 8.97. The van der Waals surface area contributed by atoms with Gasteiger partial charge in [0, 0.05) is 23.1 Å². The van der Waals surface area contributed by atoms with Crippen LogP contribution in [0.5, 0.6) is 0 Å². The SMILES string of the molecule is CCC(Sc1cccc(NC(=O)CC(C)(C)C)c1)C(=O)Nc1cc(C)on1. The van der Waals surface area contributed by atoms with Gasteiger partial charge >= 0.3 is 0 Å². The highest BCUT2D eigenvalue weighted by Gasteiger charge is 2.20. The van der Waals surface area contributed by atoms with Gasteiger partial charge in [0.25, 0.3) is 0 Å². The molecule has 1 atom stereocenters. The maximum atomic E-state index is 12.5. The standard InChI is InChI=1S/C20H27N3O3S/c1-6-16(19(25)22-17-10-13(2)26-23-17)27-15-9-7-8-14(11-15)21-18(24)12-20(3,4)5/h7-11,16H,6,12H2,1-5H3,(H,21,24)(H,22,23,25). The molecule has 0 saturated heterocycles. The van der Waals surface area contributed by atoms with Gasteiger partial charge < -0.3 is 15.2 Å². The lowest BCUT2D eigenvalue weighted by Gasteiger charge is -2.18. The quantitative estimate of drug-likeness (QED) is 0.660. The maximum absolute atomic E-state index is 12.5. The topological polar surface area (TPSA) is 84.2 Å². The van der Waals surface area contributed by atoms with Gasteiger partial charge in [0.15, 0.2) is 5.82 Å². The minimum Gasteiger partial charge on any atom is -0.360 e. The van der Waals surface area contributed by atoms with Gasteiger partial charge in [-0.1, -0.05) is 38.9 Å². The monoisotopic (exact) mass is 389 g/mol. The van der Waals surface area contributed by atoms with Gasteiger partial charge in [-0.15, -0.1) is 11.8 Å². The highest BCUT2D eigenvalue weighted by atomic mass is 32.2. The molecule has 1 aromatic carbocycles. The average Bonchev–Trinajstić information content (AvgIpc) is 2.95. The number of aryl methyl sites for hydroxylation is 1. The Morgan fingerprint density at radius 3 is 2.56 bits per heavy atom. The summed E-state index contributed by atoms with van der Waals surface area (Å²) in [6.45, 7) is 9.81. The lowest BCUT2D eigenvalue weighted by molar-refractivity contribution is -0.118. The molecule has 1 unspecified atom stereocenters. The molecule has 2 N–H and O–H groups in total. The fraction of sp³-hybridized carbons (Fsp3) is 0.450. The Bertz CT molecular complexity index is 796. The zero-order chi connectivity index (χ0) is 20.0. The summed E-state index contributed by atoms with van der Waals surface area (Å²) in [6.07, 6.45) is 1.11. The maximum Gasteiger partial charge on any atom is 0.239 e. The first-order chi connectivity index (χ1) is 12.7. The highest BCUT2D eigenvalue weighted by molar-refractivity contribution is 8.00. The number of carbonyl (C=O) groups is 2. The zero-order valence-corrected chi connectivity index (χ0v) is 17.3. The molecule has 2 rings (SSSR count).